The van der Waals surface area contributed by atoms with Gasteiger partial charge in [-0.05, 0) is 19.8 Å². The van der Waals surface area contributed by atoms with E-state index in [4.69, 9.17) is 0 Å². The van der Waals surface area contributed by atoms with Gasteiger partial charge in [0.15, 0.2) is 5.78 Å². The lowest BCUT2D eigenvalue weighted by Crippen LogP contribution is -2.41. The normalized spacial score (nSPS) is 10.4. The molecule has 4 heteroatoms. The summed E-state index contributed by atoms with van der Waals surface area (Å²) in [7, 11) is 0. The van der Waals surface area contributed by atoms with Gasteiger partial charge in [0.25, 0.3) is 0 Å². The van der Waals surface area contributed by atoms with Crippen LogP contribution >= 0.6 is 0 Å². The first-order valence-corrected chi connectivity index (χ1v) is 8.71. The number of aryl methyl sites for hydroxylation is 1. The average molecular weight is 318 g/mol. The lowest BCUT2D eigenvalue weighted by Gasteiger charge is -2.22. The van der Waals surface area contributed by atoms with Crippen LogP contribution in [0.4, 0.5) is 4.79 Å². The third-order valence-corrected chi connectivity index (χ3v) is 3.85. The van der Waals surface area contributed by atoms with Crippen LogP contribution in [0.25, 0.3) is 0 Å². The van der Waals surface area contributed by atoms with Crippen LogP contribution in [0.5, 0.6) is 0 Å². The molecule has 0 bridgehead atoms. The number of hydrogen-bond acceptors (Lipinski definition) is 2. The molecule has 0 heterocycles. The van der Waals surface area contributed by atoms with Crippen LogP contribution < -0.4 is 5.32 Å². The average Bonchev–Trinajstić information content (AvgIpc) is 2.55. The van der Waals surface area contributed by atoms with Crippen molar-refractivity contribution in [3.63, 3.8) is 0 Å². The van der Waals surface area contributed by atoms with Gasteiger partial charge in [-0.15, -0.1) is 0 Å². The number of Topliss-reactive ketones (excluding diaryl/α,β-unsaturated/α-hetero) is 1. The summed E-state index contributed by atoms with van der Waals surface area (Å²) in [6, 6.07) is 7.50. The van der Waals surface area contributed by atoms with Crippen molar-refractivity contribution in [3.8, 4) is 0 Å². The molecule has 0 saturated carbocycles. The number of carbonyl (C=O) groups is 2. The van der Waals surface area contributed by atoms with Crippen molar-refractivity contribution >= 4 is 11.8 Å². The molecule has 23 heavy (non-hydrogen) atoms. The van der Waals surface area contributed by atoms with Gasteiger partial charge in [0, 0.05) is 31.6 Å². The third kappa shape index (κ3) is 7.31. The van der Waals surface area contributed by atoms with Crippen LogP contribution in [0.2, 0.25) is 0 Å². The van der Waals surface area contributed by atoms with Crippen molar-refractivity contribution in [3.05, 3.63) is 35.4 Å². The molecular weight excluding hydrogens is 288 g/mol. The Hall–Kier alpha value is -1.84. The van der Waals surface area contributed by atoms with Gasteiger partial charge in [-0.3, -0.25) is 4.79 Å². The molecule has 0 aliphatic rings. The van der Waals surface area contributed by atoms with Crippen molar-refractivity contribution < 1.29 is 9.59 Å². The van der Waals surface area contributed by atoms with Crippen molar-refractivity contribution in [2.24, 2.45) is 0 Å². The Bertz CT molecular complexity index is 475. The Kier molecular flexibility index (Phi) is 9.03. The number of benzene rings is 1. The Labute approximate surface area is 140 Å². The van der Waals surface area contributed by atoms with Gasteiger partial charge in [0.2, 0.25) is 0 Å². The van der Waals surface area contributed by atoms with E-state index in [1.807, 2.05) is 36.1 Å². The van der Waals surface area contributed by atoms with Gasteiger partial charge < -0.3 is 10.2 Å². The van der Waals surface area contributed by atoms with Crippen molar-refractivity contribution in [2.45, 2.75) is 52.9 Å². The van der Waals surface area contributed by atoms with E-state index in [0.717, 1.165) is 44.3 Å². The standard InChI is InChI=1S/C19H30N2O2/c1-4-6-14-21(15-7-5-2)19(23)20-13-12-18(22)17-10-8-16(3)9-11-17/h8-11H,4-7,12-15H2,1-3H3,(H,20,23). The van der Waals surface area contributed by atoms with E-state index >= 15 is 0 Å². The number of amides is 2. The zero-order valence-electron chi connectivity index (χ0n) is 14.7. The molecule has 1 aromatic carbocycles. The fourth-order valence-electron chi connectivity index (χ4n) is 2.29. The maximum absolute atomic E-state index is 12.2. The van der Waals surface area contributed by atoms with Crippen LogP contribution in [0.3, 0.4) is 0 Å². The van der Waals surface area contributed by atoms with E-state index in [1.54, 1.807) is 0 Å². The lowest BCUT2D eigenvalue weighted by atomic mass is 10.1. The SMILES string of the molecule is CCCCN(CCCC)C(=O)NCCC(=O)c1ccc(C)cc1. The predicted molar refractivity (Wildman–Crippen MR) is 94.9 cm³/mol. The van der Waals surface area contributed by atoms with Crippen LogP contribution in [0.1, 0.15) is 61.9 Å². The molecular formula is C19H30N2O2. The molecule has 0 atom stereocenters. The van der Waals surface area contributed by atoms with E-state index in [0.29, 0.717) is 18.5 Å². The first kappa shape index (κ1) is 19.2. The molecule has 2 amide bonds. The van der Waals surface area contributed by atoms with E-state index in [2.05, 4.69) is 19.2 Å². The minimum absolute atomic E-state index is 0.0522. The fraction of sp³-hybridized carbons (Fsp3) is 0.579. The minimum Gasteiger partial charge on any atom is -0.338 e. The maximum atomic E-state index is 12.2. The third-order valence-electron chi connectivity index (χ3n) is 3.85. The van der Waals surface area contributed by atoms with Crippen LogP contribution in [0, 0.1) is 6.92 Å². The van der Waals surface area contributed by atoms with Gasteiger partial charge in [-0.1, -0.05) is 56.5 Å². The van der Waals surface area contributed by atoms with Gasteiger partial charge in [0.1, 0.15) is 0 Å². The van der Waals surface area contributed by atoms with Crippen molar-refractivity contribution in [1.29, 1.82) is 0 Å². The molecule has 0 radical (unpaired) electrons. The second-order valence-corrected chi connectivity index (χ2v) is 5.97. The summed E-state index contributed by atoms with van der Waals surface area (Å²) in [4.78, 5) is 26.2. The van der Waals surface area contributed by atoms with E-state index in [-0.39, 0.29) is 11.8 Å². The summed E-state index contributed by atoms with van der Waals surface area (Å²) in [6.45, 7) is 8.20. The monoisotopic (exact) mass is 318 g/mol. The summed E-state index contributed by atoms with van der Waals surface area (Å²) >= 11 is 0. The Morgan fingerprint density at radius 2 is 1.57 bits per heavy atom. The smallest absolute Gasteiger partial charge is 0.317 e. The number of nitrogens with zero attached hydrogens (tertiary/aromatic N) is 1. The highest BCUT2D eigenvalue weighted by Crippen LogP contribution is 2.06. The van der Waals surface area contributed by atoms with Crippen molar-refractivity contribution in [1.82, 2.24) is 10.2 Å². The van der Waals surface area contributed by atoms with Crippen LogP contribution in [-0.4, -0.2) is 36.3 Å². The first-order valence-electron chi connectivity index (χ1n) is 8.71. The number of nitrogens with one attached hydrogen (secondary N) is 1. The molecule has 0 spiro atoms. The van der Waals surface area contributed by atoms with E-state index in [1.165, 1.54) is 0 Å². The zero-order valence-corrected chi connectivity index (χ0v) is 14.7. The Morgan fingerprint density at radius 1 is 1.00 bits per heavy atom. The number of carbonyl (C=O) groups excluding carboxylic acids is 2. The summed E-state index contributed by atoms with van der Waals surface area (Å²) in [5.74, 6) is 0.0685. The summed E-state index contributed by atoms with van der Waals surface area (Å²) in [6.07, 6.45) is 4.51. The number of unbranched alkanes of at least 4 members (excludes halogenated alkanes) is 2. The predicted octanol–water partition coefficient (Wildman–Crippen LogP) is 4.18. The van der Waals surface area contributed by atoms with Gasteiger partial charge in [-0.2, -0.15) is 0 Å². The number of hydrogen-bond donors (Lipinski definition) is 1. The molecule has 0 saturated heterocycles. The van der Waals surface area contributed by atoms with Crippen LogP contribution in [0.15, 0.2) is 24.3 Å². The van der Waals surface area contributed by atoms with Crippen LogP contribution in [-0.2, 0) is 0 Å². The Balaban J connectivity index is 2.40. The highest BCUT2D eigenvalue weighted by molar-refractivity contribution is 5.96. The molecule has 1 N–H and O–H groups in total. The number of urea groups is 1. The summed E-state index contributed by atoms with van der Waals surface area (Å²) in [5, 5.41) is 2.88. The number of rotatable bonds is 10. The molecule has 0 fully saturated rings. The van der Waals surface area contributed by atoms with Gasteiger partial charge in [0.05, 0.1) is 0 Å². The largest absolute Gasteiger partial charge is 0.338 e. The second kappa shape index (κ2) is 10.8. The fourth-order valence-corrected chi connectivity index (χ4v) is 2.29. The first-order chi connectivity index (χ1) is 11.1. The Morgan fingerprint density at radius 3 is 2.09 bits per heavy atom. The molecule has 0 aliphatic carbocycles. The summed E-state index contributed by atoms with van der Waals surface area (Å²) < 4.78 is 0. The zero-order chi connectivity index (χ0) is 17.1. The van der Waals surface area contributed by atoms with Gasteiger partial charge >= 0.3 is 6.03 Å². The highest BCUT2D eigenvalue weighted by Gasteiger charge is 2.12. The highest BCUT2D eigenvalue weighted by atomic mass is 16.2. The molecule has 0 aromatic heterocycles. The molecule has 1 rings (SSSR count). The topological polar surface area (TPSA) is 49.4 Å². The number of ketones is 1. The maximum Gasteiger partial charge on any atom is 0.317 e. The minimum atomic E-state index is -0.0522. The molecule has 0 unspecified atom stereocenters. The van der Waals surface area contributed by atoms with E-state index in [9.17, 15) is 9.59 Å². The molecule has 0 aliphatic heterocycles. The lowest BCUT2D eigenvalue weighted by molar-refractivity contribution is 0.0983. The van der Waals surface area contributed by atoms with Crippen molar-refractivity contribution in [2.75, 3.05) is 19.6 Å². The second-order valence-electron chi connectivity index (χ2n) is 5.97. The quantitative estimate of drug-likeness (QED) is 0.658. The summed E-state index contributed by atoms with van der Waals surface area (Å²) in [5.41, 5.74) is 1.84. The molecule has 1 aromatic rings. The van der Waals surface area contributed by atoms with E-state index < -0.39 is 0 Å². The molecule has 4 nitrogen and oxygen atoms in total. The molecule has 128 valence electrons. The van der Waals surface area contributed by atoms with Gasteiger partial charge in [-0.25, -0.2) is 4.79 Å².